The molecule has 0 radical (unpaired) electrons. The molecule has 10 heavy (non-hydrogen) atoms. The third-order valence-electron chi connectivity index (χ3n) is 1.59. The van der Waals surface area contributed by atoms with Gasteiger partial charge in [0.25, 0.3) is 0 Å². The molecule has 0 aromatic heterocycles. The summed E-state index contributed by atoms with van der Waals surface area (Å²) in [5.74, 6) is 0. The third kappa shape index (κ3) is 4.30. The van der Waals surface area contributed by atoms with Gasteiger partial charge in [-0.15, -0.1) is 0 Å². The Morgan fingerprint density at radius 2 is 2.10 bits per heavy atom. The average Bonchev–Trinajstić information content (AvgIpc) is 1.99. The van der Waals surface area contributed by atoms with Crippen LogP contribution in [0.5, 0.6) is 0 Å². The van der Waals surface area contributed by atoms with E-state index >= 15 is 0 Å². The maximum absolute atomic E-state index is 10.3. The number of carbonyl (C=O) groups excluding carboxylic acids is 1. The lowest BCUT2D eigenvalue weighted by Gasteiger charge is -1.95. The normalized spacial score (nSPS) is 11.6. The van der Waals surface area contributed by atoms with Gasteiger partial charge in [0.15, 0.2) is 0 Å². The van der Waals surface area contributed by atoms with E-state index in [4.69, 9.17) is 0 Å². The first-order valence-electron chi connectivity index (χ1n) is 3.95. The lowest BCUT2D eigenvalue weighted by Crippen LogP contribution is -1.84. The fourth-order valence-corrected chi connectivity index (χ4v) is 0.850. The summed E-state index contributed by atoms with van der Waals surface area (Å²) in [7, 11) is 0. The van der Waals surface area contributed by atoms with Gasteiger partial charge in [-0.3, -0.25) is 4.79 Å². The van der Waals surface area contributed by atoms with Crippen LogP contribution in [0.25, 0.3) is 0 Å². The van der Waals surface area contributed by atoms with E-state index in [0.29, 0.717) is 0 Å². The van der Waals surface area contributed by atoms with Crippen LogP contribution in [0.4, 0.5) is 0 Å². The molecule has 0 N–H and O–H groups in total. The van der Waals surface area contributed by atoms with Gasteiger partial charge in [0, 0.05) is 0 Å². The van der Waals surface area contributed by atoms with Crippen molar-refractivity contribution < 1.29 is 4.79 Å². The second kappa shape index (κ2) is 6.53. The van der Waals surface area contributed by atoms with Crippen LogP contribution < -0.4 is 0 Å². The molecule has 58 valence electrons. The number of hydrogen-bond acceptors (Lipinski definition) is 1. The smallest absolute Gasteiger partial charge is 0.145 e. The molecule has 0 heterocycles. The molecule has 0 aliphatic carbocycles. The largest absolute Gasteiger partial charge is 0.298 e. The van der Waals surface area contributed by atoms with E-state index in [1.165, 1.54) is 12.8 Å². The van der Waals surface area contributed by atoms with Crippen LogP contribution in [0.15, 0.2) is 11.6 Å². The molecule has 0 atom stereocenters. The van der Waals surface area contributed by atoms with E-state index in [0.717, 1.165) is 24.7 Å². The summed E-state index contributed by atoms with van der Waals surface area (Å²) >= 11 is 0. The summed E-state index contributed by atoms with van der Waals surface area (Å²) in [5, 5.41) is 0. The molecule has 0 aromatic rings. The minimum atomic E-state index is 0.938. The number of allylic oxidation sites excluding steroid dienone is 2. The second-order valence-corrected chi connectivity index (χ2v) is 2.44. The molecule has 0 saturated heterocycles. The van der Waals surface area contributed by atoms with Crippen LogP contribution in [0.3, 0.4) is 0 Å². The monoisotopic (exact) mass is 140 g/mol. The Hall–Kier alpha value is -0.590. The molecule has 0 aliphatic heterocycles. The zero-order chi connectivity index (χ0) is 7.82. The van der Waals surface area contributed by atoms with E-state index in [1.54, 1.807) is 0 Å². The molecule has 0 aromatic carbocycles. The van der Waals surface area contributed by atoms with Crippen molar-refractivity contribution in [1.29, 1.82) is 0 Å². The summed E-state index contributed by atoms with van der Waals surface area (Å²) in [4.78, 5) is 10.3. The predicted octanol–water partition coefficient (Wildman–Crippen LogP) is 2.71. The number of rotatable bonds is 5. The summed E-state index contributed by atoms with van der Waals surface area (Å²) in [6.07, 6.45) is 7.39. The van der Waals surface area contributed by atoms with Gasteiger partial charge >= 0.3 is 0 Å². The van der Waals surface area contributed by atoms with Gasteiger partial charge in [-0.1, -0.05) is 25.8 Å². The van der Waals surface area contributed by atoms with Crippen LogP contribution in [0.1, 0.15) is 39.5 Å². The van der Waals surface area contributed by atoms with Crippen LogP contribution in [-0.4, -0.2) is 6.29 Å². The van der Waals surface area contributed by atoms with Crippen molar-refractivity contribution in [1.82, 2.24) is 0 Å². The molecule has 0 spiro atoms. The van der Waals surface area contributed by atoms with E-state index in [-0.39, 0.29) is 0 Å². The molecular formula is C9H16O. The molecule has 0 saturated carbocycles. The Morgan fingerprint density at radius 3 is 2.50 bits per heavy atom. The highest BCUT2D eigenvalue weighted by molar-refractivity contribution is 5.72. The van der Waals surface area contributed by atoms with Crippen LogP contribution >= 0.6 is 0 Å². The van der Waals surface area contributed by atoms with E-state index < -0.39 is 0 Å². The Morgan fingerprint density at radius 1 is 1.40 bits per heavy atom. The van der Waals surface area contributed by atoms with Gasteiger partial charge in [-0.25, -0.2) is 0 Å². The van der Waals surface area contributed by atoms with E-state index in [9.17, 15) is 4.79 Å². The predicted molar refractivity (Wildman–Crippen MR) is 44.0 cm³/mol. The van der Waals surface area contributed by atoms with Crippen molar-refractivity contribution in [2.24, 2.45) is 0 Å². The summed E-state index contributed by atoms with van der Waals surface area (Å²) < 4.78 is 0. The van der Waals surface area contributed by atoms with Gasteiger partial charge in [-0.2, -0.15) is 0 Å². The summed E-state index contributed by atoms with van der Waals surface area (Å²) in [6.45, 7) is 4.08. The molecule has 0 rings (SSSR count). The molecule has 0 bridgehead atoms. The first kappa shape index (κ1) is 9.41. The zero-order valence-corrected chi connectivity index (χ0v) is 6.89. The summed E-state index contributed by atoms with van der Waals surface area (Å²) in [5.41, 5.74) is 0.938. The highest BCUT2D eigenvalue weighted by Crippen LogP contribution is 2.05. The maximum Gasteiger partial charge on any atom is 0.145 e. The minimum Gasteiger partial charge on any atom is -0.298 e. The van der Waals surface area contributed by atoms with Gasteiger partial charge in [0.2, 0.25) is 0 Å². The Kier molecular flexibility index (Phi) is 6.14. The number of aldehydes is 1. The highest BCUT2D eigenvalue weighted by Gasteiger charge is 1.91. The van der Waals surface area contributed by atoms with Gasteiger partial charge in [-0.05, 0) is 25.3 Å². The van der Waals surface area contributed by atoms with Crippen molar-refractivity contribution in [2.75, 3.05) is 0 Å². The Balaban J connectivity index is 3.36. The number of carbonyl (C=O) groups is 1. The van der Waals surface area contributed by atoms with Crippen LogP contribution in [0, 0.1) is 0 Å². The topological polar surface area (TPSA) is 17.1 Å². The van der Waals surface area contributed by atoms with E-state index in [2.05, 4.69) is 6.92 Å². The Labute approximate surface area is 63.1 Å². The van der Waals surface area contributed by atoms with E-state index in [1.807, 2.05) is 13.0 Å². The fraction of sp³-hybridized carbons (Fsp3) is 0.667. The minimum absolute atomic E-state index is 0.938. The zero-order valence-electron chi connectivity index (χ0n) is 6.89. The summed E-state index contributed by atoms with van der Waals surface area (Å²) in [6, 6.07) is 0. The van der Waals surface area contributed by atoms with Crippen molar-refractivity contribution in [2.45, 2.75) is 39.5 Å². The lowest BCUT2D eigenvalue weighted by molar-refractivity contribution is -0.105. The SMILES string of the molecule is C/C=C(/C=O)CCCCC. The van der Waals surface area contributed by atoms with Crippen molar-refractivity contribution in [3.63, 3.8) is 0 Å². The standard InChI is InChI=1S/C9H16O/c1-3-5-6-7-9(4-2)8-10/h4,8H,3,5-7H2,1-2H3/b9-4+. The second-order valence-electron chi connectivity index (χ2n) is 2.44. The molecule has 0 amide bonds. The Bertz CT molecular complexity index is 114. The van der Waals surface area contributed by atoms with Crippen molar-refractivity contribution >= 4 is 6.29 Å². The van der Waals surface area contributed by atoms with Crippen LogP contribution in [0.2, 0.25) is 0 Å². The maximum atomic E-state index is 10.3. The molecule has 0 unspecified atom stereocenters. The first-order chi connectivity index (χ1) is 4.85. The van der Waals surface area contributed by atoms with Gasteiger partial charge < -0.3 is 0 Å². The van der Waals surface area contributed by atoms with Crippen molar-refractivity contribution in [3.8, 4) is 0 Å². The van der Waals surface area contributed by atoms with Crippen molar-refractivity contribution in [3.05, 3.63) is 11.6 Å². The number of hydrogen-bond donors (Lipinski definition) is 0. The van der Waals surface area contributed by atoms with Gasteiger partial charge in [0.1, 0.15) is 6.29 Å². The lowest BCUT2D eigenvalue weighted by atomic mass is 10.1. The highest BCUT2D eigenvalue weighted by atomic mass is 16.1. The quantitative estimate of drug-likeness (QED) is 0.326. The molecule has 1 nitrogen and oxygen atoms in total. The fourth-order valence-electron chi connectivity index (χ4n) is 0.850. The number of unbranched alkanes of at least 4 members (excludes halogenated alkanes) is 2. The molecule has 0 aliphatic rings. The van der Waals surface area contributed by atoms with Crippen LogP contribution in [-0.2, 0) is 4.79 Å². The molecule has 0 fully saturated rings. The average molecular weight is 140 g/mol. The molecule has 1 heteroatoms. The third-order valence-corrected chi connectivity index (χ3v) is 1.59. The first-order valence-corrected chi connectivity index (χ1v) is 3.95. The molecular weight excluding hydrogens is 124 g/mol. The van der Waals surface area contributed by atoms with Gasteiger partial charge in [0.05, 0.1) is 0 Å².